The highest BCUT2D eigenvalue weighted by Crippen LogP contribution is 2.24. The van der Waals surface area contributed by atoms with E-state index in [0.29, 0.717) is 23.5 Å². The van der Waals surface area contributed by atoms with Crippen LogP contribution in [0.4, 0.5) is 5.69 Å². The Morgan fingerprint density at radius 3 is 2.60 bits per heavy atom. The van der Waals surface area contributed by atoms with E-state index in [4.69, 9.17) is 10.5 Å². The summed E-state index contributed by atoms with van der Waals surface area (Å²) in [6, 6.07) is 10.1. The van der Waals surface area contributed by atoms with Crippen molar-refractivity contribution >= 4 is 17.2 Å². The van der Waals surface area contributed by atoms with Crippen LogP contribution < -0.4 is 10.5 Å². The third-order valence-corrected chi connectivity index (χ3v) is 3.76. The first kappa shape index (κ1) is 16.4. The number of carbonyl (C=O) groups is 1. The van der Waals surface area contributed by atoms with E-state index >= 15 is 0 Å². The maximum atomic E-state index is 11.2. The molecular weight excluding hydrogens is 324 g/mol. The molecule has 1 unspecified atom stereocenters. The summed E-state index contributed by atoms with van der Waals surface area (Å²) in [5, 5.41) is 10.8. The fourth-order valence-corrected chi connectivity index (χ4v) is 2.44. The third kappa shape index (κ3) is 3.42. The molecule has 0 fully saturated rings. The molecule has 128 valence electrons. The molecular formula is C17H16N4O4. The van der Waals surface area contributed by atoms with Gasteiger partial charge in [-0.05, 0) is 36.8 Å². The number of imidazole rings is 1. The lowest BCUT2D eigenvalue weighted by molar-refractivity contribution is -0.385. The minimum Gasteiger partial charge on any atom is -0.481 e. The van der Waals surface area contributed by atoms with Gasteiger partial charge in [0, 0.05) is 17.8 Å². The maximum absolute atomic E-state index is 11.2. The minimum absolute atomic E-state index is 0.00254. The van der Waals surface area contributed by atoms with E-state index in [-0.39, 0.29) is 5.69 Å². The molecule has 0 spiro atoms. The lowest BCUT2D eigenvalue weighted by Crippen LogP contribution is -2.32. The lowest BCUT2D eigenvalue weighted by Gasteiger charge is -2.14. The van der Waals surface area contributed by atoms with Gasteiger partial charge in [0.1, 0.15) is 11.4 Å². The highest BCUT2D eigenvalue weighted by molar-refractivity contribution is 5.79. The first-order chi connectivity index (χ1) is 12.0. The van der Waals surface area contributed by atoms with Crippen LogP contribution >= 0.6 is 0 Å². The SMILES string of the molecule is CCC(Oc1ccc(-c2cn3cc([N+](=O)[O-])ccc3n2)cc1)C(N)=O. The highest BCUT2D eigenvalue weighted by atomic mass is 16.6. The molecule has 0 aliphatic rings. The molecule has 8 nitrogen and oxygen atoms in total. The number of hydrogen-bond donors (Lipinski definition) is 1. The normalized spacial score (nSPS) is 12.0. The highest BCUT2D eigenvalue weighted by Gasteiger charge is 2.15. The average molecular weight is 340 g/mol. The molecule has 2 aromatic heterocycles. The number of nitrogens with zero attached hydrogens (tertiary/aromatic N) is 3. The summed E-state index contributed by atoms with van der Waals surface area (Å²) in [6.07, 6.45) is 2.96. The average Bonchev–Trinajstić information content (AvgIpc) is 3.03. The predicted octanol–water partition coefficient (Wildman–Crippen LogP) is 2.55. The summed E-state index contributed by atoms with van der Waals surface area (Å²) in [6.45, 7) is 1.82. The maximum Gasteiger partial charge on any atom is 0.286 e. The number of pyridine rings is 1. The molecule has 0 radical (unpaired) electrons. The van der Waals surface area contributed by atoms with Crippen LogP contribution in [0.1, 0.15) is 13.3 Å². The van der Waals surface area contributed by atoms with Crippen molar-refractivity contribution in [3.63, 3.8) is 0 Å². The van der Waals surface area contributed by atoms with Crippen LogP contribution in [0.2, 0.25) is 0 Å². The fraction of sp³-hybridized carbons (Fsp3) is 0.176. The zero-order valence-corrected chi connectivity index (χ0v) is 13.5. The van der Waals surface area contributed by atoms with Crippen molar-refractivity contribution in [2.24, 2.45) is 5.73 Å². The van der Waals surface area contributed by atoms with Crippen molar-refractivity contribution in [3.8, 4) is 17.0 Å². The van der Waals surface area contributed by atoms with E-state index in [1.54, 1.807) is 40.9 Å². The Hall–Kier alpha value is -3.42. The zero-order chi connectivity index (χ0) is 18.0. The van der Waals surface area contributed by atoms with E-state index < -0.39 is 16.9 Å². The molecule has 8 heteroatoms. The Morgan fingerprint density at radius 1 is 1.28 bits per heavy atom. The number of nitro groups is 1. The van der Waals surface area contributed by atoms with Gasteiger partial charge < -0.3 is 10.5 Å². The number of amides is 1. The number of primary amides is 1. The smallest absolute Gasteiger partial charge is 0.286 e. The Labute approximate surface area is 143 Å². The number of rotatable bonds is 6. The molecule has 1 amide bonds. The van der Waals surface area contributed by atoms with Crippen LogP contribution in [-0.4, -0.2) is 26.3 Å². The molecule has 3 rings (SSSR count). The summed E-state index contributed by atoms with van der Waals surface area (Å²) in [5.41, 5.74) is 7.38. The second kappa shape index (κ2) is 6.60. The topological polar surface area (TPSA) is 113 Å². The van der Waals surface area contributed by atoms with Crippen molar-refractivity contribution < 1.29 is 14.5 Å². The number of fused-ring (bicyclic) bond motifs is 1. The van der Waals surface area contributed by atoms with Crippen LogP contribution in [0.25, 0.3) is 16.9 Å². The quantitative estimate of drug-likeness (QED) is 0.547. The molecule has 1 aromatic carbocycles. The van der Waals surface area contributed by atoms with Crippen LogP contribution in [0.5, 0.6) is 5.75 Å². The summed E-state index contributed by atoms with van der Waals surface area (Å²) in [7, 11) is 0. The van der Waals surface area contributed by atoms with Gasteiger partial charge >= 0.3 is 0 Å². The molecule has 0 aliphatic carbocycles. The summed E-state index contributed by atoms with van der Waals surface area (Å²) < 4.78 is 7.15. The second-order valence-corrected chi connectivity index (χ2v) is 5.48. The minimum atomic E-state index is -0.665. The van der Waals surface area contributed by atoms with Crippen molar-refractivity contribution in [1.82, 2.24) is 9.38 Å². The monoisotopic (exact) mass is 340 g/mol. The number of ether oxygens (including phenoxy) is 1. The Morgan fingerprint density at radius 2 is 2.00 bits per heavy atom. The first-order valence-electron chi connectivity index (χ1n) is 7.67. The number of nitrogens with two attached hydrogens (primary N) is 1. The van der Waals surface area contributed by atoms with Crippen LogP contribution in [0.3, 0.4) is 0 Å². The fourth-order valence-electron chi connectivity index (χ4n) is 2.44. The van der Waals surface area contributed by atoms with Gasteiger partial charge in [-0.2, -0.15) is 0 Å². The van der Waals surface area contributed by atoms with E-state index in [1.807, 2.05) is 6.92 Å². The molecule has 0 aliphatic heterocycles. The van der Waals surface area contributed by atoms with E-state index in [0.717, 1.165) is 5.56 Å². The van der Waals surface area contributed by atoms with Crippen molar-refractivity contribution in [2.75, 3.05) is 0 Å². The zero-order valence-electron chi connectivity index (χ0n) is 13.5. The Bertz CT molecular complexity index is 933. The molecule has 3 aromatic rings. The van der Waals surface area contributed by atoms with Gasteiger partial charge in [-0.25, -0.2) is 4.98 Å². The van der Waals surface area contributed by atoms with Gasteiger partial charge in [0.25, 0.3) is 11.6 Å². The molecule has 2 N–H and O–H groups in total. The second-order valence-electron chi connectivity index (χ2n) is 5.48. The van der Waals surface area contributed by atoms with Crippen molar-refractivity contribution in [1.29, 1.82) is 0 Å². The summed E-state index contributed by atoms with van der Waals surface area (Å²) in [5.74, 6) is 0.0299. The largest absolute Gasteiger partial charge is 0.481 e. The summed E-state index contributed by atoms with van der Waals surface area (Å²) >= 11 is 0. The van der Waals surface area contributed by atoms with Gasteiger partial charge in [-0.1, -0.05) is 6.92 Å². The number of carbonyl (C=O) groups excluding carboxylic acids is 1. The van der Waals surface area contributed by atoms with E-state index in [1.165, 1.54) is 12.3 Å². The standard InChI is InChI=1S/C17H16N4O4/c1-2-15(17(18)22)25-13-6-3-11(4-7-13)14-10-20-9-12(21(23)24)5-8-16(20)19-14/h3-10,15H,2H2,1H3,(H2,18,22). The van der Waals surface area contributed by atoms with Crippen LogP contribution in [0.15, 0.2) is 48.8 Å². The summed E-state index contributed by atoms with van der Waals surface area (Å²) in [4.78, 5) is 26.1. The van der Waals surface area contributed by atoms with Gasteiger partial charge in [-0.3, -0.25) is 19.3 Å². The van der Waals surface area contributed by atoms with E-state index in [2.05, 4.69) is 4.98 Å². The molecule has 0 bridgehead atoms. The van der Waals surface area contributed by atoms with Gasteiger partial charge in [0.15, 0.2) is 6.10 Å². The van der Waals surface area contributed by atoms with Crippen molar-refractivity contribution in [3.05, 3.63) is 58.9 Å². The first-order valence-corrected chi connectivity index (χ1v) is 7.67. The van der Waals surface area contributed by atoms with Crippen LogP contribution in [-0.2, 0) is 4.79 Å². The molecule has 1 atom stereocenters. The molecule has 0 saturated heterocycles. The Kier molecular flexibility index (Phi) is 4.34. The Balaban J connectivity index is 1.85. The number of aromatic nitrogens is 2. The van der Waals surface area contributed by atoms with Crippen molar-refractivity contribution in [2.45, 2.75) is 19.4 Å². The molecule has 25 heavy (non-hydrogen) atoms. The number of benzene rings is 1. The molecule has 2 heterocycles. The molecule has 0 saturated carbocycles. The number of hydrogen-bond acceptors (Lipinski definition) is 5. The predicted molar refractivity (Wildman–Crippen MR) is 91.2 cm³/mol. The van der Waals surface area contributed by atoms with Crippen LogP contribution in [0, 0.1) is 10.1 Å². The van der Waals surface area contributed by atoms with E-state index in [9.17, 15) is 14.9 Å². The van der Waals surface area contributed by atoms with Gasteiger partial charge in [-0.15, -0.1) is 0 Å². The third-order valence-electron chi connectivity index (χ3n) is 3.76. The lowest BCUT2D eigenvalue weighted by atomic mass is 10.1. The van der Waals surface area contributed by atoms with Gasteiger partial charge in [0.2, 0.25) is 0 Å². The van der Waals surface area contributed by atoms with Gasteiger partial charge in [0.05, 0.1) is 16.8 Å².